The van der Waals surface area contributed by atoms with E-state index in [4.69, 9.17) is 10.9 Å². The molecule has 0 atom stereocenters. The van der Waals surface area contributed by atoms with Crippen LogP contribution < -0.4 is 10.5 Å². The van der Waals surface area contributed by atoms with Crippen LogP contribution in [0.25, 0.3) is 0 Å². The molecule has 0 saturated heterocycles. The molecule has 1 rings (SSSR count). The fraction of sp³-hybridized carbons (Fsp3) is 0.300. The van der Waals surface area contributed by atoms with Crippen LogP contribution in [0.15, 0.2) is 29.4 Å². The van der Waals surface area contributed by atoms with E-state index in [1.807, 2.05) is 0 Å². The predicted molar refractivity (Wildman–Crippen MR) is 66.6 cm³/mol. The zero-order valence-corrected chi connectivity index (χ0v) is 10.2. The summed E-state index contributed by atoms with van der Waals surface area (Å²) in [6.45, 7) is 1.56. The van der Waals surface area contributed by atoms with Crippen LogP contribution in [-0.4, -0.2) is 25.2 Å². The molecule has 6 nitrogen and oxygen atoms in total. The summed E-state index contributed by atoms with van der Waals surface area (Å²) < 4.78 is 25.0. The van der Waals surface area contributed by atoms with Crippen molar-refractivity contribution in [1.29, 1.82) is 0 Å². The Kier molecular flexibility index (Phi) is 4.33. The lowest BCUT2D eigenvalue weighted by molar-refractivity contribution is 0.317. The number of nitrogens with two attached hydrogens (primary N) is 1. The Hall–Kier alpha value is -1.76. The molecule has 0 amide bonds. The molecule has 94 valence electrons. The van der Waals surface area contributed by atoms with Crippen molar-refractivity contribution in [2.75, 3.05) is 10.5 Å². The first-order chi connectivity index (χ1) is 7.96. The zero-order chi connectivity index (χ0) is 12.9. The van der Waals surface area contributed by atoms with E-state index in [1.165, 1.54) is 0 Å². The Labute approximate surface area is 100 Å². The van der Waals surface area contributed by atoms with Gasteiger partial charge in [0.25, 0.3) is 0 Å². The third-order valence-electron chi connectivity index (χ3n) is 2.12. The van der Waals surface area contributed by atoms with Crippen molar-refractivity contribution in [2.45, 2.75) is 13.3 Å². The number of anilines is 1. The van der Waals surface area contributed by atoms with Gasteiger partial charge in [-0.1, -0.05) is 17.3 Å². The van der Waals surface area contributed by atoms with E-state index in [2.05, 4.69) is 9.88 Å². The lowest BCUT2D eigenvalue weighted by atomic mass is 10.1. The molecule has 0 fully saturated rings. The molecule has 0 aliphatic heterocycles. The molecule has 1 aromatic carbocycles. The Morgan fingerprint density at radius 2 is 2.00 bits per heavy atom. The van der Waals surface area contributed by atoms with E-state index in [0.717, 1.165) is 5.56 Å². The lowest BCUT2D eigenvalue weighted by Crippen LogP contribution is -2.15. The highest BCUT2D eigenvalue weighted by atomic mass is 32.2. The Morgan fingerprint density at radius 1 is 1.41 bits per heavy atom. The van der Waals surface area contributed by atoms with E-state index >= 15 is 0 Å². The highest BCUT2D eigenvalue weighted by molar-refractivity contribution is 7.92. The molecular weight excluding hydrogens is 242 g/mol. The van der Waals surface area contributed by atoms with Crippen molar-refractivity contribution in [1.82, 2.24) is 0 Å². The maximum Gasteiger partial charge on any atom is 0.232 e. The van der Waals surface area contributed by atoms with Gasteiger partial charge in [-0.05, 0) is 24.6 Å². The summed E-state index contributed by atoms with van der Waals surface area (Å²) in [5, 5.41) is 11.3. The molecule has 0 radical (unpaired) electrons. The van der Waals surface area contributed by atoms with Crippen molar-refractivity contribution in [2.24, 2.45) is 10.9 Å². The second kappa shape index (κ2) is 5.53. The van der Waals surface area contributed by atoms with Gasteiger partial charge < -0.3 is 10.9 Å². The van der Waals surface area contributed by atoms with Crippen LogP contribution in [0.2, 0.25) is 0 Å². The topological polar surface area (TPSA) is 105 Å². The maximum atomic E-state index is 11.3. The standard InChI is InChI=1S/C10H15N3O3S/c1-2-17(15,16)13-9-5-3-8(4-6-9)7-10(11)12-14/h3-6,13-14H,2,7H2,1H3,(H2,11,12). The van der Waals surface area contributed by atoms with Crippen LogP contribution in [0, 0.1) is 0 Å². The van der Waals surface area contributed by atoms with Gasteiger partial charge in [-0.3, -0.25) is 4.72 Å². The van der Waals surface area contributed by atoms with Crippen LogP contribution in [0.3, 0.4) is 0 Å². The molecule has 0 bridgehead atoms. The first-order valence-electron chi connectivity index (χ1n) is 5.02. The van der Waals surface area contributed by atoms with E-state index in [1.54, 1.807) is 31.2 Å². The molecular formula is C10H15N3O3S. The molecule has 0 heterocycles. The van der Waals surface area contributed by atoms with E-state index in [-0.39, 0.29) is 11.6 Å². The summed E-state index contributed by atoms with van der Waals surface area (Å²) in [6, 6.07) is 6.69. The molecule has 0 aromatic heterocycles. The van der Waals surface area contributed by atoms with Gasteiger partial charge in [-0.25, -0.2) is 8.42 Å². The molecule has 0 saturated carbocycles. The second-order valence-corrected chi connectivity index (χ2v) is 5.48. The first-order valence-corrected chi connectivity index (χ1v) is 6.68. The summed E-state index contributed by atoms with van der Waals surface area (Å²) in [6.07, 6.45) is 0.317. The van der Waals surface area contributed by atoms with Crippen molar-refractivity contribution in [3.63, 3.8) is 0 Å². The monoisotopic (exact) mass is 257 g/mol. The molecule has 0 aliphatic carbocycles. The normalized spacial score (nSPS) is 12.4. The number of nitrogens with one attached hydrogen (secondary N) is 1. The summed E-state index contributed by atoms with van der Waals surface area (Å²) in [5.74, 6) is 0.130. The minimum atomic E-state index is -3.25. The summed E-state index contributed by atoms with van der Waals surface area (Å²) in [5.41, 5.74) is 6.68. The summed E-state index contributed by atoms with van der Waals surface area (Å²) in [7, 11) is -3.25. The van der Waals surface area contributed by atoms with E-state index in [9.17, 15) is 8.42 Å². The van der Waals surface area contributed by atoms with E-state index in [0.29, 0.717) is 12.1 Å². The average Bonchev–Trinajstić information content (AvgIpc) is 2.31. The van der Waals surface area contributed by atoms with Crippen LogP contribution in [0.4, 0.5) is 5.69 Å². The highest BCUT2D eigenvalue weighted by Gasteiger charge is 2.06. The predicted octanol–water partition coefficient (Wildman–Crippen LogP) is 0.737. The highest BCUT2D eigenvalue weighted by Crippen LogP contribution is 2.11. The number of amidine groups is 1. The number of benzene rings is 1. The Balaban J connectivity index is 2.75. The number of rotatable bonds is 5. The molecule has 4 N–H and O–H groups in total. The molecule has 1 aromatic rings. The van der Waals surface area contributed by atoms with Gasteiger partial charge in [0.05, 0.1) is 5.75 Å². The minimum absolute atomic E-state index is 0.0267. The van der Waals surface area contributed by atoms with Crippen LogP contribution >= 0.6 is 0 Å². The van der Waals surface area contributed by atoms with Crippen molar-refractivity contribution < 1.29 is 13.6 Å². The fourth-order valence-corrected chi connectivity index (χ4v) is 1.83. The van der Waals surface area contributed by atoms with Crippen molar-refractivity contribution in [3.05, 3.63) is 29.8 Å². The van der Waals surface area contributed by atoms with Crippen LogP contribution in [-0.2, 0) is 16.4 Å². The Morgan fingerprint density at radius 3 is 2.47 bits per heavy atom. The van der Waals surface area contributed by atoms with Gasteiger partial charge >= 0.3 is 0 Å². The Bertz CT molecular complexity index is 494. The van der Waals surface area contributed by atoms with Gasteiger partial charge in [-0.2, -0.15) is 0 Å². The largest absolute Gasteiger partial charge is 0.409 e. The van der Waals surface area contributed by atoms with Gasteiger partial charge in [0, 0.05) is 12.1 Å². The first kappa shape index (κ1) is 13.3. The fourth-order valence-electron chi connectivity index (χ4n) is 1.19. The van der Waals surface area contributed by atoms with Crippen LogP contribution in [0.5, 0.6) is 0 Å². The summed E-state index contributed by atoms with van der Waals surface area (Å²) >= 11 is 0. The van der Waals surface area contributed by atoms with Gasteiger partial charge in [0.1, 0.15) is 5.84 Å². The van der Waals surface area contributed by atoms with Gasteiger partial charge in [-0.15, -0.1) is 0 Å². The maximum absolute atomic E-state index is 11.3. The zero-order valence-electron chi connectivity index (χ0n) is 9.42. The van der Waals surface area contributed by atoms with Gasteiger partial charge in [0.2, 0.25) is 10.0 Å². The van der Waals surface area contributed by atoms with Crippen molar-refractivity contribution in [3.8, 4) is 0 Å². The number of hydrogen-bond acceptors (Lipinski definition) is 4. The smallest absolute Gasteiger partial charge is 0.232 e. The number of sulfonamides is 1. The van der Waals surface area contributed by atoms with Crippen LogP contribution in [0.1, 0.15) is 12.5 Å². The number of oxime groups is 1. The number of nitrogens with zero attached hydrogens (tertiary/aromatic N) is 1. The third kappa shape index (κ3) is 4.31. The van der Waals surface area contributed by atoms with Crippen molar-refractivity contribution >= 4 is 21.5 Å². The van der Waals surface area contributed by atoms with Gasteiger partial charge in [0.15, 0.2) is 0 Å². The lowest BCUT2D eigenvalue weighted by Gasteiger charge is -2.06. The molecule has 17 heavy (non-hydrogen) atoms. The molecule has 0 unspecified atom stereocenters. The second-order valence-electron chi connectivity index (χ2n) is 3.47. The SMILES string of the molecule is CCS(=O)(=O)Nc1ccc(C/C(N)=N/O)cc1. The number of hydrogen-bond donors (Lipinski definition) is 3. The quantitative estimate of drug-likeness (QED) is 0.313. The minimum Gasteiger partial charge on any atom is -0.409 e. The molecule has 0 aliphatic rings. The average molecular weight is 257 g/mol. The molecule has 7 heteroatoms. The van der Waals surface area contributed by atoms with E-state index < -0.39 is 10.0 Å². The molecule has 0 spiro atoms. The summed E-state index contributed by atoms with van der Waals surface area (Å²) in [4.78, 5) is 0. The third-order valence-corrected chi connectivity index (χ3v) is 3.43.